The predicted molar refractivity (Wildman–Crippen MR) is 77.3 cm³/mol. The van der Waals surface area contributed by atoms with Crippen LogP contribution in [0.3, 0.4) is 0 Å². The summed E-state index contributed by atoms with van der Waals surface area (Å²) < 4.78 is 27.9. The van der Waals surface area contributed by atoms with Gasteiger partial charge in [-0.25, -0.2) is 8.78 Å². The second-order valence-corrected chi connectivity index (χ2v) is 5.41. The number of benzene rings is 2. The van der Waals surface area contributed by atoms with Gasteiger partial charge in [0.05, 0.1) is 6.04 Å². The van der Waals surface area contributed by atoms with E-state index in [9.17, 15) is 8.78 Å². The van der Waals surface area contributed by atoms with Crippen molar-refractivity contribution in [3.05, 3.63) is 63.6 Å². The van der Waals surface area contributed by atoms with Crippen LogP contribution in [-0.4, -0.2) is 0 Å². The van der Waals surface area contributed by atoms with E-state index in [0.717, 1.165) is 0 Å². The molecule has 2 aromatic rings. The lowest BCUT2D eigenvalue weighted by Gasteiger charge is -2.17. The van der Waals surface area contributed by atoms with Gasteiger partial charge in [-0.15, -0.1) is 0 Å². The minimum atomic E-state index is -0.290. The molecule has 0 radical (unpaired) electrons. The van der Waals surface area contributed by atoms with E-state index in [1.807, 2.05) is 6.92 Å². The molecule has 0 amide bonds. The van der Waals surface area contributed by atoms with Crippen LogP contribution in [0, 0.1) is 18.6 Å². The van der Waals surface area contributed by atoms with Crippen LogP contribution in [0.25, 0.3) is 0 Å². The molecule has 1 N–H and O–H groups in total. The largest absolute Gasteiger partial charge is 0.378 e. The first-order chi connectivity index (χ1) is 8.97. The Morgan fingerprint density at radius 2 is 1.79 bits per heavy atom. The standard InChI is InChI=1S/C15H14BrF2N/c1-9-3-5-12(8-14(9)17)19-10(2)13-6-4-11(16)7-15(13)18/h3-8,10,19H,1-2H3. The maximum Gasteiger partial charge on any atom is 0.129 e. The van der Waals surface area contributed by atoms with Crippen molar-refractivity contribution >= 4 is 21.6 Å². The Morgan fingerprint density at radius 3 is 2.42 bits per heavy atom. The van der Waals surface area contributed by atoms with Crippen molar-refractivity contribution in [1.29, 1.82) is 0 Å². The fraction of sp³-hybridized carbons (Fsp3) is 0.200. The molecule has 0 aliphatic rings. The lowest BCUT2D eigenvalue weighted by Crippen LogP contribution is -2.08. The summed E-state index contributed by atoms with van der Waals surface area (Å²) >= 11 is 3.22. The molecule has 2 aromatic carbocycles. The summed E-state index contributed by atoms with van der Waals surface area (Å²) in [7, 11) is 0. The zero-order chi connectivity index (χ0) is 14.0. The lowest BCUT2D eigenvalue weighted by molar-refractivity contribution is 0.599. The predicted octanol–water partition coefficient (Wildman–Crippen LogP) is 5.21. The van der Waals surface area contributed by atoms with Crippen molar-refractivity contribution in [2.24, 2.45) is 0 Å². The Balaban J connectivity index is 2.20. The van der Waals surface area contributed by atoms with E-state index in [-0.39, 0.29) is 17.7 Å². The maximum absolute atomic E-state index is 13.8. The van der Waals surface area contributed by atoms with E-state index < -0.39 is 0 Å². The highest BCUT2D eigenvalue weighted by atomic mass is 79.9. The first-order valence-corrected chi connectivity index (χ1v) is 6.74. The summed E-state index contributed by atoms with van der Waals surface area (Å²) in [6, 6.07) is 9.57. The second kappa shape index (κ2) is 5.70. The third-order valence-electron chi connectivity index (χ3n) is 2.98. The highest BCUT2D eigenvalue weighted by molar-refractivity contribution is 9.10. The van der Waals surface area contributed by atoms with Gasteiger partial charge in [0.1, 0.15) is 11.6 Å². The number of anilines is 1. The SMILES string of the molecule is Cc1ccc(NC(C)c2ccc(Br)cc2F)cc1F. The molecule has 0 heterocycles. The minimum absolute atomic E-state index is 0.241. The Hall–Kier alpha value is -1.42. The quantitative estimate of drug-likeness (QED) is 0.816. The molecule has 0 aromatic heterocycles. The summed E-state index contributed by atoms with van der Waals surface area (Å²) in [6.07, 6.45) is 0. The van der Waals surface area contributed by atoms with Gasteiger partial charge in [0, 0.05) is 15.7 Å². The average Bonchev–Trinajstić information content (AvgIpc) is 2.33. The van der Waals surface area contributed by atoms with Gasteiger partial charge in [0.25, 0.3) is 0 Å². The number of rotatable bonds is 3. The van der Waals surface area contributed by atoms with E-state index in [1.54, 1.807) is 31.2 Å². The van der Waals surface area contributed by atoms with E-state index in [4.69, 9.17) is 0 Å². The number of aryl methyl sites for hydroxylation is 1. The van der Waals surface area contributed by atoms with Crippen molar-refractivity contribution in [3.8, 4) is 0 Å². The third kappa shape index (κ3) is 3.32. The van der Waals surface area contributed by atoms with Gasteiger partial charge >= 0.3 is 0 Å². The van der Waals surface area contributed by atoms with Gasteiger partial charge in [-0.3, -0.25) is 0 Å². The molecule has 4 heteroatoms. The molecule has 1 atom stereocenters. The number of halogens is 3. The maximum atomic E-state index is 13.8. The summed E-state index contributed by atoms with van der Waals surface area (Å²) in [4.78, 5) is 0. The summed E-state index contributed by atoms with van der Waals surface area (Å²) in [6.45, 7) is 3.54. The molecule has 100 valence electrons. The van der Waals surface area contributed by atoms with Gasteiger partial charge in [0.2, 0.25) is 0 Å². The summed E-state index contributed by atoms with van der Waals surface area (Å²) in [5, 5.41) is 3.09. The minimum Gasteiger partial charge on any atom is -0.378 e. The fourth-order valence-electron chi connectivity index (χ4n) is 1.86. The van der Waals surface area contributed by atoms with Crippen LogP contribution in [0.5, 0.6) is 0 Å². The van der Waals surface area contributed by atoms with Crippen molar-refractivity contribution < 1.29 is 8.78 Å². The van der Waals surface area contributed by atoms with E-state index in [0.29, 0.717) is 21.3 Å². The first-order valence-electron chi connectivity index (χ1n) is 5.95. The summed E-state index contributed by atoms with van der Waals surface area (Å²) in [5.74, 6) is -0.560. The molecule has 19 heavy (non-hydrogen) atoms. The van der Waals surface area contributed by atoms with Crippen LogP contribution in [-0.2, 0) is 0 Å². The monoisotopic (exact) mass is 325 g/mol. The zero-order valence-electron chi connectivity index (χ0n) is 10.7. The fourth-order valence-corrected chi connectivity index (χ4v) is 2.20. The van der Waals surface area contributed by atoms with Crippen LogP contribution < -0.4 is 5.32 Å². The zero-order valence-corrected chi connectivity index (χ0v) is 12.3. The Bertz CT molecular complexity index is 599. The molecular formula is C15H14BrF2N. The molecular weight excluding hydrogens is 312 g/mol. The number of nitrogens with one attached hydrogen (secondary N) is 1. The topological polar surface area (TPSA) is 12.0 Å². The molecule has 0 saturated carbocycles. The van der Waals surface area contributed by atoms with Crippen molar-refractivity contribution in [1.82, 2.24) is 0 Å². The Morgan fingerprint density at radius 1 is 1.05 bits per heavy atom. The molecule has 0 fully saturated rings. The van der Waals surface area contributed by atoms with Gasteiger partial charge in [-0.05, 0) is 43.7 Å². The van der Waals surface area contributed by atoms with Gasteiger partial charge in [-0.2, -0.15) is 0 Å². The third-order valence-corrected chi connectivity index (χ3v) is 3.48. The molecule has 2 rings (SSSR count). The Kier molecular flexibility index (Phi) is 4.20. The lowest BCUT2D eigenvalue weighted by atomic mass is 10.1. The van der Waals surface area contributed by atoms with Crippen LogP contribution in [0.2, 0.25) is 0 Å². The van der Waals surface area contributed by atoms with Crippen molar-refractivity contribution in [2.45, 2.75) is 19.9 Å². The molecule has 0 bridgehead atoms. The smallest absolute Gasteiger partial charge is 0.129 e. The van der Waals surface area contributed by atoms with Gasteiger partial charge in [0.15, 0.2) is 0 Å². The molecule has 0 aliphatic heterocycles. The summed E-state index contributed by atoms with van der Waals surface area (Å²) in [5.41, 5.74) is 1.77. The van der Waals surface area contributed by atoms with Crippen LogP contribution in [0.15, 0.2) is 40.9 Å². The van der Waals surface area contributed by atoms with Crippen molar-refractivity contribution in [3.63, 3.8) is 0 Å². The highest BCUT2D eigenvalue weighted by Crippen LogP contribution is 2.25. The molecule has 1 unspecified atom stereocenters. The molecule has 0 aliphatic carbocycles. The normalized spacial score (nSPS) is 12.3. The second-order valence-electron chi connectivity index (χ2n) is 4.50. The molecule has 0 saturated heterocycles. The van der Waals surface area contributed by atoms with Crippen molar-refractivity contribution in [2.75, 3.05) is 5.32 Å². The highest BCUT2D eigenvalue weighted by Gasteiger charge is 2.11. The molecule has 1 nitrogen and oxygen atoms in total. The molecule has 0 spiro atoms. The average molecular weight is 326 g/mol. The Labute approximate surface area is 119 Å². The van der Waals surface area contributed by atoms with E-state index in [2.05, 4.69) is 21.2 Å². The number of hydrogen-bond donors (Lipinski definition) is 1. The number of hydrogen-bond acceptors (Lipinski definition) is 1. The van der Waals surface area contributed by atoms with E-state index >= 15 is 0 Å². The van der Waals surface area contributed by atoms with E-state index in [1.165, 1.54) is 12.1 Å². The van der Waals surface area contributed by atoms with Crippen LogP contribution >= 0.6 is 15.9 Å². The van der Waals surface area contributed by atoms with Gasteiger partial charge < -0.3 is 5.32 Å². The first kappa shape index (κ1) is 14.0. The van der Waals surface area contributed by atoms with Crippen LogP contribution in [0.4, 0.5) is 14.5 Å². The van der Waals surface area contributed by atoms with Crippen LogP contribution in [0.1, 0.15) is 24.1 Å². The van der Waals surface area contributed by atoms with Gasteiger partial charge in [-0.1, -0.05) is 28.1 Å².